The number of aliphatic hydroxyl groups excluding tert-OH is 1. The molecule has 0 unspecified atom stereocenters. The standard InChI is InChI=1S/C9H4F6NS.C5H8O2.Ir/c1-4-3-16-6(17-4)5-2-7(10,11)9(14,15)8(5,12)13;1-4(6)3-5(2)7;/h3H,1H3;3,6H,1-2H3;/q-1;;/p+1/b;4-3-;. The fourth-order valence-electron chi connectivity index (χ4n) is 1.63. The molecule has 1 aromatic heterocycles. The number of aromatic nitrogens is 1. The van der Waals surface area contributed by atoms with E-state index in [1.54, 1.807) is 0 Å². The summed E-state index contributed by atoms with van der Waals surface area (Å²) in [6.45, 7) is 4.49. The van der Waals surface area contributed by atoms with E-state index in [2.05, 4.69) is 4.98 Å². The Kier molecular flexibility index (Phi) is 7.63. The van der Waals surface area contributed by atoms with Gasteiger partial charge in [0.1, 0.15) is 0 Å². The third kappa shape index (κ3) is 4.92. The molecule has 0 saturated carbocycles. The Morgan fingerprint density at radius 1 is 1.24 bits per heavy atom. The number of thiazole rings is 1. The Morgan fingerprint density at radius 2 is 1.76 bits per heavy atom. The van der Waals surface area contributed by atoms with E-state index in [0.29, 0.717) is 16.2 Å². The number of rotatable bonds is 2. The predicted molar refractivity (Wildman–Crippen MR) is 77.3 cm³/mol. The number of aliphatic hydroxyl groups is 1. The first kappa shape index (κ1) is 23.8. The van der Waals surface area contributed by atoms with Crippen LogP contribution in [0.25, 0.3) is 5.57 Å². The average Bonchev–Trinajstić information content (AvgIpc) is 2.84. The summed E-state index contributed by atoms with van der Waals surface area (Å²) in [7, 11) is 0. The molecule has 0 aromatic carbocycles. The van der Waals surface area contributed by atoms with Crippen LogP contribution in [0.3, 0.4) is 0 Å². The normalized spacial score (nSPS) is 20.0. The van der Waals surface area contributed by atoms with Gasteiger partial charge < -0.3 is 10.1 Å². The van der Waals surface area contributed by atoms with Gasteiger partial charge in [-0.1, -0.05) is 0 Å². The summed E-state index contributed by atoms with van der Waals surface area (Å²) in [4.78, 5) is 12.2. The molecule has 0 fully saturated rings. The summed E-state index contributed by atoms with van der Waals surface area (Å²) >= 11 is 0.631. The minimum Gasteiger partial charge on any atom is -0.512 e. The van der Waals surface area contributed by atoms with Crippen LogP contribution in [0.2, 0.25) is 0 Å². The van der Waals surface area contributed by atoms with Crippen LogP contribution >= 0.6 is 11.3 Å². The van der Waals surface area contributed by atoms with Crippen LogP contribution in [0.4, 0.5) is 26.3 Å². The molecule has 0 amide bonds. The first-order valence-corrected chi connectivity index (χ1v) is 7.15. The topological polar surface area (TPSA) is 54.5 Å². The zero-order chi connectivity index (χ0) is 18.9. The number of aryl methyl sites for hydroxylation is 1. The van der Waals surface area contributed by atoms with Gasteiger partial charge in [-0.15, -0.1) is 5.57 Å². The van der Waals surface area contributed by atoms with Gasteiger partial charge in [0.25, 0.3) is 5.92 Å². The van der Waals surface area contributed by atoms with Crippen molar-refractivity contribution in [2.24, 2.45) is 0 Å². The molecule has 1 radical (unpaired) electrons. The van der Waals surface area contributed by atoms with Crippen LogP contribution in [0.15, 0.2) is 18.0 Å². The van der Waals surface area contributed by atoms with Gasteiger partial charge in [-0.3, -0.25) is 4.79 Å². The Balaban J connectivity index is 0.000000620. The average molecular weight is 566 g/mol. The van der Waals surface area contributed by atoms with E-state index in [1.807, 2.05) is 0 Å². The monoisotopic (exact) mass is 566 g/mol. The summed E-state index contributed by atoms with van der Waals surface area (Å²) in [6.07, 6.45) is 3.29. The molecule has 1 aliphatic rings. The molecule has 0 aliphatic heterocycles. The number of halogens is 6. The molecule has 11 heteroatoms. The van der Waals surface area contributed by atoms with Crippen molar-refractivity contribution in [3.63, 3.8) is 0 Å². The van der Waals surface area contributed by atoms with Crippen molar-refractivity contribution in [1.29, 1.82) is 0 Å². The van der Waals surface area contributed by atoms with Crippen LogP contribution in [-0.2, 0) is 20.1 Å². The van der Waals surface area contributed by atoms with Crippen molar-refractivity contribution in [3.05, 3.63) is 34.0 Å². The smallest absolute Gasteiger partial charge is 0.360 e. The zero-order valence-electron chi connectivity index (χ0n) is 13.0. The van der Waals surface area contributed by atoms with Crippen LogP contribution in [0.5, 0.6) is 0 Å². The number of carbonyl (C=O) groups excluding carboxylic acids is 1. The SMILES string of the molecule is CC(=[OH+])/C=C(/C)O.Cc1cnc(C2=[C-]C(F)(F)C(F)(F)C2(F)F)s1.[Ir]. The predicted octanol–water partition coefficient (Wildman–Crippen LogP) is 4.57. The number of hydrogen-bond acceptors (Lipinski definition) is 3. The summed E-state index contributed by atoms with van der Waals surface area (Å²) in [6, 6.07) is 0. The van der Waals surface area contributed by atoms with Crippen molar-refractivity contribution in [2.75, 3.05) is 0 Å². The molecule has 143 valence electrons. The van der Waals surface area contributed by atoms with Crippen molar-refractivity contribution < 1.29 is 56.3 Å². The second-order valence-corrected chi connectivity index (χ2v) is 6.16. The maximum Gasteiger partial charge on any atom is 0.360 e. The molecule has 2 rings (SSSR count). The molecule has 0 spiro atoms. The third-order valence-electron chi connectivity index (χ3n) is 2.64. The first-order chi connectivity index (χ1) is 10.7. The quantitative estimate of drug-likeness (QED) is 0.188. The van der Waals surface area contributed by atoms with Gasteiger partial charge in [-0.05, 0) is 18.9 Å². The minimum absolute atomic E-state index is 0. The number of hydrogen-bond donors (Lipinski definition) is 1. The fraction of sp³-hybridized carbons (Fsp3) is 0.429. The Bertz CT molecular complexity index is 695. The second-order valence-electron chi connectivity index (χ2n) is 4.93. The van der Waals surface area contributed by atoms with Gasteiger partial charge in [-0.25, -0.2) is 20.1 Å². The molecule has 1 heterocycles. The van der Waals surface area contributed by atoms with Gasteiger partial charge >= 0.3 is 17.6 Å². The molecular formula is C14H13F6IrNO2S. The first-order valence-electron chi connectivity index (χ1n) is 6.34. The zero-order valence-corrected chi connectivity index (χ0v) is 16.2. The molecule has 0 saturated heterocycles. The van der Waals surface area contributed by atoms with Gasteiger partial charge in [0.05, 0.1) is 18.8 Å². The summed E-state index contributed by atoms with van der Waals surface area (Å²) in [5.41, 5.74) is -1.54. The molecule has 0 atom stereocenters. The van der Waals surface area contributed by atoms with Crippen LogP contribution in [0.1, 0.15) is 23.7 Å². The van der Waals surface area contributed by atoms with Crippen LogP contribution < -0.4 is 0 Å². The maximum atomic E-state index is 13.2. The summed E-state index contributed by atoms with van der Waals surface area (Å²) in [5, 5.41) is 7.84. The molecule has 1 aliphatic carbocycles. The van der Waals surface area contributed by atoms with E-state index in [0.717, 1.165) is 12.3 Å². The number of ketones is 1. The van der Waals surface area contributed by atoms with E-state index in [9.17, 15) is 26.3 Å². The third-order valence-corrected chi connectivity index (χ3v) is 3.57. The second kappa shape index (κ2) is 8.01. The van der Waals surface area contributed by atoms with Crippen LogP contribution in [-0.4, -0.2) is 38.4 Å². The van der Waals surface area contributed by atoms with Crippen molar-refractivity contribution in [2.45, 2.75) is 38.5 Å². The van der Waals surface area contributed by atoms with Gasteiger partial charge in [-0.2, -0.15) is 23.6 Å². The van der Waals surface area contributed by atoms with Crippen LogP contribution in [0, 0.1) is 13.0 Å². The van der Waals surface area contributed by atoms with Crippen molar-refractivity contribution in [3.8, 4) is 0 Å². The molecule has 2 N–H and O–H groups in total. The molecular weight excluding hydrogens is 552 g/mol. The molecule has 1 aromatic rings. The van der Waals surface area contributed by atoms with E-state index in [1.165, 1.54) is 26.8 Å². The Labute approximate surface area is 156 Å². The Hall–Kier alpha value is -1.19. The van der Waals surface area contributed by atoms with E-state index >= 15 is 0 Å². The molecule has 0 bridgehead atoms. The van der Waals surface area contributed by atoms with Gasteiger partial charge in [0.2, 0.25) is 0 Å². The van der Waals surface area contributed by atoms with E-state index in [-0.39, 0.29) is 31.6 Å². The summed E-state index contributed by atoms with van der Waals surface area (Å²) < 4.78 is 77.7. The van der Waals surface area contributed by atoms with Gasteiger partial charge in [0.15, 0.2) is 0 Å². The van der Waals surface area contributed by atoms with Crippen molar-refractivity contribution in [1.82, 2.24) is 4.98 Å². The van der Waals surface area contributed by atoms with E-state index < -0.39 is 28.3 Å². The Morgan fingerprint density at radius 3 is 2.00 bits per heavy atom. The number of allylic oxidation sites excluding steroid dienone is 4. The summed E-state index contributed by atoms with van der Waals surface area (Å²) in [5.74, 6) is -15.2. The largest absolute Gasteiger partial charge is 0.512 e. The van der Waals surface area contributed by atoms with E-state index in [4.69, 9.17) is 9.90 Å². The molecule has 25 heavy (non-hydrogen) atoms. The molecule has 3 nitrogen and oxygen atoms in total. The fourth-order valence-corrected chi connectivity index (χ4v) is 2.43. The number of alkyl halides is 6. The minimum atomic E-state index is -5.48. The maximum absolute atomic E-state index is 13.2. The van der Waals surface area contributed by atoms with Crippen molar-refractivity contribution >= 4 is 22.7 Å². The van der Waals surface area contributed by atoms with Gasteiger partial charge in [0, 0.05) is 31.2 Å². The number of nitrogens with zero attached hydrogens (tertiary/aromatic N) is 1.